The number of nitrogens with zero attached hydrogens (tertiary/aromatic N) is 7. The van der Waals surface area contributed by atoms with Crippen LogP contribution in [0.1, 0.15) is 50.5 Å². The van der Waals surface area contributed by atoms with Gasteiger partial charge in [0.05, 0.1) is 43.4 Å². The van der Waals surface area contributed by atoms with Gasteiger partial charge in [-0.2, -0.15) is 10.2 Å². The number of rotatable bonds is 10. The van der Waals surface area contributed by atoms with Gasteiger partial charge in [0.2, 0.25) is 11.1 Å². The van der Waals surface area contributed by atoms with Gasteiger partial charge >= 0.3 is 0 Å². The fourth-order valence-corrected chi connectivity index (χ4v) is 5.74. The molecule has 0 unspecified atom stereocenters. The number of hydrogen-bond donors (Lipinski definition) is 4. The quantitative estimate of drug-likeness (QED) is 0.143. The van der Waals surface area contributed by atoms with Crippen molar-refractivity contribution in [2.24, 2.45) is 0 Å². The van der Waals surface area contributed by atoms with Gasteiger partial charge in [-0.15, -0.1) is 12.4 Å². The first-order valence-corrected chi connectivity index (χ1v) is 17.5. The molecule has 15 nitrogen and oxygen atoms in total. The van der Waals surface area contributed by atoms with E-state index in [4.69, 9.17) is 21.2 Å². The van der Waals surface area contributed by atoms with Crippen molar-refractivity contribution in [2.45, 2.75) is 44.6 Å². The molecule has 2 saturated heterocycles. The third-order valence-electron chi connectivity index (χ3n) is 8.32. The van der Waals surface area contributed by atoms with Crippen LogP contribution in [-0.2, 0) is 19.5 Å². The summed E-state index contributed by atoms with van der Waals surface area (Å²) in [6, 6.07) is 23.0. The van der Waals surface area contributed by atoms with Crippen molar-refractivity contribution < 1.29 is 28.8 Å². The van der Waals surface area contributed by atoms with Crippen LogP contribution in [0, 0.1) is 0 Å². The maximum absolute atomic E-state index is 12.4. The summed E-state index contributed by atoms with van der Waals surface area (Å²) >= 11 is 5.58. The molecule has 4 aromatic heterocycles. The van der Waals surface area contributed by atoms with Crippen molar-refractivity contribution in [2.75, 3.05) is 36.4 Å². The van der Waals surface area contributed by atoms with Gasteiger partial charge in [0.15, 0.2) is 17.2 Å². The Morgan fingerprint density at radius 2 is 1.50 bits per heavy atom. The highest BCUT2D eigenvalue weighted by atomic mass is 35.5. The number of carbonyl (C=O) groups is 2. The molecule has 1 amide bonds. The number of hydrogen-bond acceptors (Lipinski definition) is 12. The zero-order valence-electron chi connectivity index (χ0n) is 29.2. The van der Waals surface area contributed by atoms with E-state index in [-0.39, 0.29) is 47.7 Å². The minimum Gasteiger partial charge on any atom is -0.392 e. The molecule has 2 aromatic carbocycles. The van der Waals surface area contributed by atoms with E-state index in [1.54, 1.807) is 29.3 Å². The van der Waals surface area contributed by atoms with Gasteiger partial charge < -0.3 is 34.8 Å². The van der Waals surface area contributed by atoms with Crippen LogP contribution in [0.2, 0.25) is 5.22 Å². The molecule has 2 fully saturated rings. The molecule has 54 heavy (non-hydrogen) atoms. The van der Waals surface area contributed by atoms with Crippen molar-refractivity contribution in [3.05, 3.63) is 131 Å². The summed E-state index contributed by atoms with van der Waals surface area (Å²) in [5.74, 6) is 0.0218. The molecule has 0 saturated carbocycles. The minimum absolute atomic E-state index is 0. The molecule has 17 heteroatoms. The summed E-state index contributed by atoms with van der Waals surface area (Å²) < 4.78 is 13.5. The Hall–Kier alpha value is -5.32. The van der Waals surface area contributed by atoms with Crippen molar-refractivity contribution in [3.63, 3.8) is 0 Å². The summed E-state index contributed by atoms with van der Waals surface area (Å²) in [6.07, 6.45) is 8.34. The standard InChI is InChI=1S/C19H20N4O3.C14H11ClN4O2.C4H9NO.ClH/c24-16-6-7-22(13-16)19-9-17(21-26-19)18(25)8-15-10-20-23(12-15)11-14-4-2-1-3-5-14;15-13-6-12(18-21-13)14(20)17-11-7-16-19(9-11)8-10-4-2-1-3-5-10;6-4-1-2-5-3-4;/h1-5,9-10,12,16,24H,6-8,11,13H2;1-7,9H,8H2,(H,17,20);4-6H,1-3H2;1H/t16-;;4-;/m1.1./s1. The first-order valence-electron chi connectivity index (χ1n) is 17.1. The lowest BCUT2D eigenvalue weighted by atomic mass is 10.1. The Labute approximate surface area is 322 Å². The highest BCUT2D eigenvalue weighted by molar-refractivity contribution is 6.29. The van der Waals surface area contributed by atoms with Crippen LogP contribution >= 0.6 is 24.0 Å². The van der Waals surface area contributed by atoms with Crippen molar-refractivity contribution in [1.82, 2.24) is 35.2 Å². The van der Waals surface area contributed by atoms with Crippen LogP contribution in [0.15, 0.2) is 107 Å². The molecule has 6 aromatic rings. The fraction of sp³-hybridized carbons (Fsp3) is 0.297. The van der Waals surface area contributed by atoms with Crippen molar-refractivity contribution in [1.29, 1.82) is 0 Å². The summed E-state index contributed by atoms with van der Waals surface area (Å²) in [5, 5.41) is 40.0. The van der Waals surface area contributed by atoms with E-state index >= 15 is 0 Å². The monoisotopic (exact) mass is 777 g/mol. The Balaban J connectivity index is 0.000000180. The maximum atomic E-state index is 12.4. The normalized spacial score (nSPS) is 16.1. The third kappa shape index (κ3) is 11.8. The second-order valence-electron chi connectivity index (χ2n) is 12.6. The van der Waals surface area contributed by atoms with E-state index in [9.17, 15) is 14.7 Å². The summed E-state index contributed by atoms with van der Waals surface area (Å²) in [5.41, 5.74) is 4.12. The van der Waals surface area contributed by atoms with Gasteiger partial charge in [-0.3, -0.25) is 19.0 Å². The van der Waals surface area contributed by atoms with Gasteiger partial charge in [-0.1, -0.05) is 71.0 Å². The SMILES string of the molecule is Cl.O=C(Cc1cnn(Cc2ccccc2)c1)c1cc(N2CC[C@@H](O)C2)on1.O=C(Nc1cnn(Cc2ccccc2)c1)c1cc(Cl)on1.O[C@@H]1CCNC1. The lowest BCUT2D eigenvalue weighted by molar-refractivity contribution is 0.0982. The van der Waals surface area contributed by atoms with E-state index in [1.165, 1.54) is 6.07 Å². The Kier molecular flexibility index (Phi) is 14.5. The smallest absolute Gasteiger partial charge is 0.277 e. The summed E-state index contributed by atoms with van der Waals surface area (Å²) in [4.78, 5) is 26.2. The predicted octanol–water partition coefficient (Wildman–Crippen LogP) is 4.50. The molecule has 6 heterocycles. The molecule has 4 N–H and O–H groups in total. The lowest BCUT2D eigenvalue weighted by Crippen LogP contribution is -2.20. The molecule has 8 rings (SSSR count). The number of amides is 1. The number of aliphatic hydroxyl groups excluding tert-OH is 2. The molecule has 0 spiro atoms. The molecule has 0 radical (unpaired) electrons. The minimum atomic E-state index is -0.398. The van der Waals surface area contributed by atoms with E-state index in [1.807, 2.05) is 76.4 Å². The number of anilines is 2. The number of aromatic nitrogens is 6. The van der Waals surface area contributed by atoms with Gasteiger partial charge in [0.1, 0.15) is 0 Å². The predicted molar refractivity (Wildman–Crippen MR) is 203 cm³/mol. The zero-order valence-corrected chi connectivity index (χ0v) is 30.8. The van der Waals surface area contributed by atoms with E-state index < -0.39 is 5.91 Å². The molecule has 2 aliphatic rings. The van der Waals surface area contributed by atoms with Crippen LogP contribution in [-0.4, -0.2) is 90.2 Å². The lowest BCUT2D eigenvalue weighted by Gasteiger charge is -2.11. The largest absolute Gasteiger partial charge is 0.392 e. The Morgan fingerprint density at radius 1 is 0.833 bits per heavy atom. The average molecular weight is 779 g/mol. The molecular formula is C37H41Cl2N9O6. The first kappa shape index (κ1) is 39.9. The van der Waals surface area contributed by atoms with Gasteiger partial charge in [-0.25, -0.2) is 0 Å². The first-order chi connectivity index (χ1) is 25.8. The number of carbonyl (C=O) groups excluding carboxylic acids is 2. The number of halogens is 2. The van der Waals surface area contributed by atoms with Crippen LogP contribution in [0.4, 0.5) is 11.6 Å². The van der Waals surface area contributed by atoms with Gasteiger partial charge in [-0.05, 0) is 47.7 Å². The van der Waals surface area contributed by atoms with E-state index in [2.05, 4.69) is 35.7 Å². The summed E-state index contributed by atoms with van der Waals surface area (Å²) in [6.45, 7) is 4.29. The van der Waals surface area contributed by atoms with Gasteiger partial charge in [0.25, 0.3) is 5.91 Å². The molecular weight excluding hydrogens is 737 g/mol. The number of aliphatic hydroxyl groups is 2. The van der Waals surface area contributed by atoms with E-state index in [0.29, 0.717) is 49.9 Å². The van der Waals surface area contributed by atoms with Crippen LogP contribution in [0.25, 0.3) is 0 Å². The second kappa shape index (κ2) is 19.7. The molecule has 0 aliphatic carbocycles. The third-order valence-corrected chi connectivity index (χ3v) is 8.50. The van der Waals surface area contributed by atoms with Crippen molar-refractivity contribution >= 4 is 47.3 Å². The highest BCUT2D eigenvalue weighted by Gasteiger charge is 2.25. The molecule has 284 valence electrons. The number of ketones is 1. The number of Topliss-reactive ketones (excluding diaryl/α,β-unsaturated/α-hetero) is 1. The van der Waals surface area contributed by atoms with Crippen LogP contribution < -0.4 is 15.5 Å². The molecule has 2 aliphatic heterocycles. The maximum Gasteiger partial charge on any atom is 0.277 e. The number of benzene rings is 2. The highest BCUT2D eigenvalue weighted by Crippen LogP contribution is 2.22. The van der Waals surface area contributed by atoms with Crippen molar-refractivity contribution in [3.8, 4) is 0 Å². The molecule has 0 bridgehead atoms. The van der Waals surface area contributed by atoms with E-state index in [0.717, 1.165) is 36.2 Å². The average Bonchev–Trinajstić information content (AvgIpc) is 4.01. The Morgan fingerprint density at radius 3 is 2.07 bits per heavy atom. The van der Waals surface area contributed by atoms with Gasteiger partial charge in [0, 0.05) is 50.6 Å². The second-order valence-corrected chi connectivity index (χ2v) is 13.0. The zero-order chi connectivity index (χ0) is 37.0. The van der Waals surface area contributed by atoms with Crippen LogP contribution in [0.5, 0.6) is 0 Å². The topological polar surface area (TPSA) is 190 Å². The number of β-amino-alcohol motifs (C(OH)–C–C–N with tert-alkyl or cyclic N) is 2. The summed E-state index contributed by atoms with van der Waals surface area (Å²) in [7, 11) is 0. The fourth-order valence-electron chi connectivity index (χ4n) is 5.60. The Bertz CT molecular complexity index is 2040. The molecule has 2 atom stereocenters. The van der Waals surface area contributed by atoms with Crippen LogP contribution in [0.3, 0.4) is 0 Å². The number of nitrogens with one attached hydrogen (secondary N) is 2.